The molecule has 6 nitrogen and oxygen atoms in total. The molecule has 0 fully saturated rings. The molecule has 0 N–H and O–H groups in total. The molecule has 2 heterocycles. The van der Waals surface area contributed by atoms with E-state index in [9.17, 15) is 4.79 Å². The molecule has 90 valence electrons. The van der Waals surface area contributed by atoms with E-state index in [1.807, 2.05) is 12.1 Å². The number of aromatic nitrogens is 3. The van der Waals surface area contributed by atoms with Gasteiger partial charge in [-0.15, -0.1) is 0 Å². The number of nitrogens with zero attached hydrogens (tertiary/aromatic N) is 5. The Morgan fingerprint density at radius 3 is 3.11 bits per heavy atom. The first-order valence-corrected chi connectivity index (χ1v) is 5.32. The summed E-state index contributed by atoms with van der Waals surface area (Å²) in [6, 6.07) is 5.56. The van der Waals surface area contributed by atoms with E-state index in [-0.39, 0.29) is 12.2 Å². The molecule has 0 spiro atoms. The zero-order valence-electron chi connectivity index (χ0n) is 9.82. The zero-order chi connectivity index (χ0) is 13.0. The standard InChI is InChI=1S/C12H11N5O/c1-10-9-17(12(18)16(10)6-4-13)15-8-11-3-2-5-14-7-11/h2-3,5,7-9H,6H2,1H3. The van der Waals surface area contributed by atoms with Crippen LogP contribution in [0.3, 0.4) is 0 Å². The molecule has 0 saturated heterocycles. The minimum atomic E-state index is -0.325. The second kappa shape index (κ2) is 5.10. The van der Waals surface area contributed by atoms with Gasteiger partial charge < -0.3 is 0 Å². The topological polar surface area (TPSA) is 76.0 Å². The van der Waals surface area contributed by atoms with Crippen molar-refractivity contribution in [2.24, 2.45) is 5.10 Å². The van der Waals surface area contributed by atoms with E-state index < -0.39 is 0 Å². The van der Waals surface area contributed by atoms with Crippen LogP contribution in [0, 0.1) is 18.3 Å². The number of nitriles is 1. The molecule has 0 bridgehead atoms. The van der Waals surface area contributed by atoms with Crippen molar-refractivity contribution >= 4 is 6.21 Å². The van der Waals surface area contributed by atoms with Crippen LogP contribution in [0.5, 0.6) is 0 Å². The molecular weight excluding hydrogens is 230 g/mol. The van der Waals surface area contributed by atoms with E-state index in [1.165, 1.54) is 9.24 Å². The van der Waals surface area contributed by atoms with Crippen molar-refractivity contribution in [2.45, 2.75) is 13.5 Å². The number of rotatable bonds is 3. The molecule has 0 unspecified atom stereocenters. The minimum absolute atomic E-state index is 0.0279. The van der Waals surface area contributed by atoms with Crippen molar-refractivity contribution in [3.63, 3.8) is 0 Å². The summed E-state index contributed by atoms with van der Waals surface area (Å²) in [5, 5.41) is 12.7. The Morgan fingerprint density at radius 2 is 2.44 bits per heavy atom. The highest BCUT2D eigenvalue weighted by Gasteiger charge is 2.05. The summed E-state index contributed by atoms with van der Waals surface area (Å²) in [6.45, 7) is 1.79. The van der Waals surface area contributed by atoms with Crippen molar-refractivity contribution in [1.82, 2.24) is 14.2 Å². The third kappa shape index (κ3) is 2.35. The number of pyridine rings is 1. The normalized spacial score (nSPS) is 10.7. The van der Waals surface area contributed by atoms with Crippen molar-refractivity contribution < 1.29 is 0 Å². The van der Waals surface area contributed by atoms with Gasteiger partial charge in [-0.2, -0.15) is 15.0 Å². The maximum Gasteiger partial charge on any atom is 0.349 e. The molecule has 0 aliphatic heterocycles. The summed E-state index contributed by atoms with van der Waals surface area (Å²) in [4.78, 5) is 15.8. The van der Waals surface area contributed by atoms with Crippen LogP contribution < -0.4 is 5.69 Å². The quantitative estimate of drug-likeness (QED) is 0.744. The van der Waals surface area contributed by atoms with Gasteiger partial charge in [-0.25, -0.2) is 4.79 Å². The van der Waals surface area contributed by atoms with Gasteiger partial charge in [0.15, 0.2) is 0 Å². The lowest BCUT2D eigenvalue weighted by Gasteiger charge is -1.93. The van der Waals surface area contributed by atoms with Gasteiger partial charge in [-0.05, 0) is 13.0 Å². The van der Waals surface area contributed by atoms with Gasteiger partial charge in [-0.3, -0.25) is 9.55 Å². The van der Waals surface area contributed by atoms with E-state index in [0.29, 0.717) is 5.69 Å². The van der Waals surface area contributed by atoms with Crippen LogP contribution in [-0.4, -0.2) is 20.4 Å². The summed E-state index contributed by atoms with van der Waals surface area (Å²) in [7, 11) is 0. The van der Waals surface area contributed by atoms with Crippen molar-refractivity contribution in [3.05, 3.63) is 52.5 Å². The highest BCUT2D eigenvalue weighted by atomic mass is 16.2. The third-order valence-electron chi connectivity index (χ3n) is 2.41. The second-order valence-corrected chi connectivity index (χ2v) is 3.67. The van der Waals surface area contributed by atoms with Gasteiger partial charge in [-0.1, -0.05) is 6.07 Å². The van der Waals surface area contributed by atoms with Crippen LogP contribution in [0.1, 0.15) is 11.3 Å². The van der Waals surface area contributed by atoms with Crippen LogP contribution in [0.4, 0.5) is 0 Å². The van der Waals surface area contributed by atoms with Gasteiger partial charge >= 0.3 is 5.69 Å². The van der Waals surface area contributed by atoms with Crippen molar-refractivity contribution in [3.8, 4) is 6.07 Å². The smallest absolute Gasteiger partial charge is 0.281 e. The fraction of sp³-hybridized carbons (Fsp3) is 0.167. The highest BCUT2D eigenvalue weighted by Crippen LogP contribution is 1.96. The largest absolute Gasteiger partial charge is 0.349 e. The lowest BCUT2D eigenvalue weighted by Crippen LogP contribution is -2.22. The fourth-order valence-electron chi connectivity index (χ4n) is 1.50. The first kappa shape index (κ1) is 11.8. The Hall–Kier alpha value is -2.68. The van der Waals surface area contributed by atoms with E-state index in [1.54, 1.807) is 37.8 Å². The van der Waals surface area contributed by atoms with Gasteiger partial charge in [0.25, 0.3) is 0 Å². The summed E-state index contributed by atoms with van der Waals surface area (Å²) in [6.07, 6.45) is 6.45. The molecule has 0 radical (unpaired) electrons. The Bertz CT molecular complexity index is 660. The molecule has 2 aromatic heterocycles. The maximum atomic E-state index is 11.8. The zero-order valence-corrected chi connectivity index (χ0v) is 9.82. The predicted octanol–water partition coefficient (Wildman–Crippen LogP) is 0.759. The summed E-state index contributed by atoms with van der Waals surface area (Å²) < 4.78 is 2.57. The Morgan fingerprint density at radius 1 is 1.61 bits per heavy atom. The second-order valence-electron chi connectivity index (χ2n) is 3.67. The average molecular weight is 241 g/mol. The van der Waals surface area contributed by atoms with E-state index in [2.05, 4.69) is 10.1 Å². The van der Waals surface area contributed by atoms with Crippen molar-refractivity contribution in [1.29, 1.82) is 5.26 Å². The van der Waals surface area contributed by atoms with Gasteiger partial charge in [0.05, 0.1) is 18.5 Å². The van der Waals surface area contributed by atoms with Crippen LogP contribution in [-0.2, 0) is 6.54 Å². The highest BCUT2D eigenvalue weighted by molar-refractivity contribution is 5.78. The summed E-state index contributed by atoms with van der Waals surface area (Å²) in [5.41, 5.74) is 1.18. The van der Waals surface area contributed by atoms with Crippen LogP contribution >= 0.6 is 0 Å². The average Bonchev–Trinajstić information content (AvgIpc) is 2.66. The van der Waals surface area contributed by atoms with Gasteiger partial charge in [0.1, 0.15) is 6.54 Å². The number of aryl methyl sites for hydroxylation is 1. The van der Waals surface area contributed by atoms with E-state index >= 15 is 0 Å². The van der Waals surface area contributed by atoms with Gasteiger partial charge in [0.2, 0.25) is 0 Å². The minimum Gasteiger partial charge on any atom is -0.281 e. The van der Waals surface area contributed by atoms with Crippen LogP contribution in [0.2, 0.25) is 0 Å². The molecule has 18 heavy (non-hydrogen) atoms. The van der Waals surface area contributed by atoms with Crippen LogP contribution in [0.15, 0.2) is 40.6 Å². The summed E-state index contributed by atoms with van der Waals surface area (Å²) >= 11 is 0. The first-order chi connectivity index (χ1) is 8.72. The number of hydrogen-bond donors (Lipinski definition) is 0. The lowest BCUT2D eigenvalue weighted by molar-refractivity contribution is 0.716. The lowest BCUT2D eigenvalue weighted by atomic mass is 10.3. The predicted molar refractivity (Wildman–Crippen MR) is 66.3 cm³/mol. The first-order valence-electron chi connectivity index (χ1n) is 5.32. The molecule has 2 rings (SSSR count). The molecule has 6 heteroatoms. The molecule has 0 amide bonds. The SMILES string of the molecule is Cc1cn(N=Cc2cccnc2)c(=O)n1CC#N. The van der Waals surface area contributed by atoms with Gasteiger partial charge in [0, 0.05) is 23.7 Å². The van der Waals surface area contributed by atoms with Crippen LogP contribution in [0.25, 0.3) is 0 Å². The molecule has 0 aliphatic rings. The third-order valence-corrected chi connectivity index (χ3v) is 2.41. The fourth-order valence-corrected chi connectivity index (χ4v) is 1.50. The molecule has 0 atom stereocenters. The monoisotopic (exact) mass is 241 g/mol. The molecule has 0 saturated carbocycles. The van der Waals surface area contributed by atoms with E-state index in [0.717, 1.165) is 5.56 Å². The Balaban J connectivity index is 2.31. The molecule has 0 aliphatic carbocycles. The van der Waals surface area contributed by atoms with E-state index in [4.69, 9.17) is 5.26 Å². The summed E-state index contributed by atoms with van der Waals surface area (Å²) in [5.74, 6) is 0. The molecular formula is C12H11N5O. The maximum absolute atomic E-state index is 11.8. The molecule has 2 aromatic rings. The van der Waals surface area contributed by atoms with Crippen molar-refractivity contribution in [2.75, 3.05) is 0 Å². The number of hydrogen-bond acceptors (Lipinski definition) is 4. The Labute approximate surface area is 103 Å². The Kier molecular flexibility index (Phi) is 3.34. The number of imidazole rings is 1. The molecule has 0 aromatic carbocycles.